The van der Waals surface area contributed by atoms with Gasteiger partial charge in [-0.05, 0) is 68.8 Å². The Bertz CT molecular complexity index is 3280. The molecule has 21 heteroatoms. The minimum absolute atomic E-state index is 0.0398. The fraction of sp³-hybridized carbons (Fsp3) is 0.475. The number of benzene rings is 3. The third kappa shape index (κ3) is 13.1. The predicted octanol–water partition coefficient (Wildman–Crippen LogP) is 6.62. The van der Waals surface area contributed by atoms with Crippen LogP contribution in [0.4, 0.5) is 11.5 Å². The Morgan fingerprint density at radius 1 is 0.939 bits per heavy atom. The number of β-amino-alcohol motifs (C(OH)–C–C–N with tert-alkyl or cyclic N) is 1. The number of aliphatic hydroxyl groups excluding tert-OH is 1. The lowest BCUT2D eigenvalue weighted by molar-refractivity contribution is -0.141. The molecule has 6 atom stereocenters. The summed E-state index contributed by atoms with van der Waals surface area (Å²) in [5.41, 5.74) is 8.15. The van der Waals surface area contributed by atoms with Crippen molar-refractivity contribution in [3.8, 4) is 28.3 Å². The Morgan fingerprint density at radius 3 is 2.55 bits per heavy atom. The van der Waals surface area contributed by atoms with E-state index in [-0.39, 0.29) is 74.4 Å². The lowest BCUT2D eigenvalue weighted by Gasteiger charge is -2.42. The summed E-state index contributed by atoms with van der Waals surface area (Å²) in [4.78, 5) is 66.3. The second-order valence-electron chi connectivity index (χ2n) is 22.0. The Morgan fingerprint density at radius 2 is 1.77 bits per heavy atom. The minimum Gasteiger partial charge on any atom is -0.491 e. The van der Waals surface area contributed by atoms with Crippen LogP contribution in [0.3, 0.4) is 0 Å². The van der Waals surface area contributed by atoms with Crippen molar-refractivity contribution in [3.05, 3.63) is 119 Å². The van der Waals surface area contributed by atoms with Crippen molar-refractivity contribution >= 4 is 51.3 Å². The van der Waals surface area contributed by atoms with Crippen LogP contribution in [0.25, 0.3) is 21.2 Å². The van der Waals surface area contributed by atoms with Gasteiger partial charge < -0.3 is 53.5 Å². The SMILES string of the molecule is C=CC(=O)N1CCN(c2nc(OC[C@@H]3C[C@@H](OCCOCCOc4cc(-c5scnc5C)ccc4CNC(=O)C4CC(O)CN4C(=O)[C@H](c4cc(C)no4)C(C)C)CN3C)nc3c2CCN(c2cccc4ccccc24)C3)C[C@@H]1CC#N. The number of carbonyl (C=O) groups is 3. The second-order valence-corrected chi connectivity index (χ2v) is 22.9. The van der Waals surface area contributed by atoms with Crippen LogP contribution in [0.5, 0.6) is 11.8 Å². The van der Waals surface area contributed by atoms with Crippen molar-refractivity contribution < 1.29 is 43.0 Å². The highest BCUT2D eigenvalue weighted by Gasteiger charge is 2.43. The number of likely N-dealkylation sites (N-methyl/N-ethyl adjacent to an activating group) is 1. The van der Waals surface area contributed by atoms with Crippen LogP contribution < -0.4 is 24.6 Å². The third-order valence-corrected chi connectivity index (χ3v) is 17.1. The molecule has 3 amide bonds. The predicted molar refractivity (Wildman–Crippen MR) is 311 cm³/mol. The number of rotatable bonds is 22. The van der Waals surface area contributed by atoms with Crippen LogP contribution in [0.15, 0.2) is 89.4 Å². The fourth-order valence-corrected chi connectivity index (χ4v) is 12.6. The highest BCUT2D eigenvalue weighted by molar-refractivity contribution is 7.13. The summed E-state index contributed by atoms with van der Waals surface area (Å²) >= 11 is 1.54. The van der Waals surface area contributed by atoms with Gasteiger partial charge in [-0.25, -0.2) is 4.98 Å². The lowest BCUT2D eigenvalue weighted by atomic mass is 9.91. The van der Waals surface area contributed by atoms with Gasteiger partial charge in [0, 0.05) is 86.5 Å². The van der Waals surface area contributed by atoms with Crippen molar-refractivity contribution in [2.45, 2.75) is 103 Å². The largest absolute Gasteiger partial charge is 0.491 e. The number of hydrogen-bond donors (Lipinski definition) is 2. The number of nitrogens with zero attached hydrogens (tertiary/aromatic N) is 10. The standard InChI is InChI=1S/C61H73N11O9S/c1-7-55(74)71-22-21-70(32-44(71)17-19-62)58-49-18-20-69(51-14-10-12-41-11-8-9-13-48(41)51)35-50(49)65-61(66-58)80-36-45-29-47(34-68(45)6)78-25-23-77-24-26-79-53-28-42(57-40(5)64-37-82-57)15-16-43(53)31-63-59(75)52-30-46(73)33-72(52)60(76)56(38(2)3)54-27-39(4)67-81-54/h7-16,27-28,37-38,44-47,52,56,73H,1,17-18,20-26,29-36H2,2-6H3,(H,63,75)/t44-,45-,46?,47+,52?,56-/m0/s1. The zero-order chi connectivity index (χ0) is 57.4. The Balaban J connectivity index is 0.731. The molecule has 3 aromatic heterocycles. The highest BCUT2D eigenvalue weighted by Crippen LogP contribution is 2.37. The summed E-state index contributed by atoms with van der Waals surface area (Å²) in [5.74, 6) is 0.185. The number of ether oxygens (including phenoxy) is 4. The molecular formula is C61H73N11O9S. The maximum absolute atomic E-state index is 14.0. The molecule has 432 valence electrons. The molecule has 0 saturated carbocycles. The average Bonchev–Trinajstić information content (AvgIpc) is 4.45. The summed E-state index contributed by atoms with van der Waals surface area (Å²) in [7, 11) is 2.07. The van der Waals surface area contributed by atoms with Gasteiger partial charge in [-0.1, -0.05) is 74.1 Å². The van der Waals surface area contributed by atoms with Crippen LogP contribution in [0.1, 0.15) is 73.0 Å². The number of aliphatic hydroxyl groups is 1. The van der Waals surface area contributed by atoms with E-state index in [0.29, 0.717) is 82.4 Å². The van der Waals surface area contributed by atoms with E-state index in [2.05, 4.69) is 92.3 Å². The molecule has 3 saturated heterocycles. The van der Waals surface area contributed by atoms with E-state index in [1.807, 2.05) is 39.0 Å². The van der Waals surface area contributed by atoms with E-state index in [4.69, 9.17) is 33.4 Å². The van der Waals surface area contributed by atoms with E-state index in [1.165, 1.54) is 33.1 Å². The van der Waals surface area contributed by atoms with Crippen LogP contribution in [-0.4, -0.2) is 167 Å². The molecule has 3 fully saturated rings. The van der Waals surface area contributed by atoms with Crippen molar-refractivity contribution in [2.24, 2.45) is 5.92 Å². The molecule has 10 rings (SSSR count). The summed E-state index contributed by atoms with van der Waals surface area (Å²) < 4.78 is 30.8. The van der Waals surface area contributed by atoms with Gasteiger partial charge in [0.2, 0.25) is 17.7 Å². The lowest BCUT2D eigenvalue weighted by Crippen LogP contribution is -2.55. The second kappa shape index (κ2) is 26.2. The maximum Gasteiger partial charge on any atom is 0.318 e. The summed E-state index contributed by atoms with van der Waals surface area (Å²) in [5, 5.41) is 29.8. The highest BCUT2D eigenvalue weighted by atomic mass is 32.1. The number of amides is 3. The molecule has 0 radical (unpaired) electrons. The quantitative estimate of drug-likeness (QED) is 0.0538. The smallest absolute Gasteiger partial charge is 0.318 e. The van der Waals surface area contributed by atoms with Crippen molar-refractivity contribution in [3.63, 3.8) is 0 Å². The van der Waals surface area contributed by atoms with Crippen LogP contribution >= 0.6 is 11.3 Å². The Hall–Kier alpha value is -7.48. The van der Waals surface area contributed by atoms with Gasteiger partial charge in [0.15, 0.2) is 0 Å². The van der Waals surface area contributed by atoms with Gasteiger partial charge in [0.25, 0.3) is 0 Å². The molecule has 0 bridgehead atoms. The molecule has 2 unspecified atom stereocenters. The van der Waals surface area contributed by atoms with E-state index in [1.54, 1.807) is 23.4 Å². The molecule has 7 heterocycles. The van der Waals surface area contributed by atoms with Crippen LogP contribution in [-0.2, 0) is 43.4 Å². The number of piperazine rings is 1. The summed E-state index contributed by atoms with van der Waals surface area (Å²) in [6.07, 6.45) is 2.21. The van der Waals surface area contributed by atoms with Crippen molar-refractivity contribution in [1.29, 1.82) is 5.26 Å². The molecule has 2 N–H and O–H groups in total. The van der Waals surface area contributed by atoms with Crippen molar-refractivity contribution in [2.75, 3.05) is 89.2 Å². The number of nitrogens with one attached hydrogen (secondary N) is 1. The van der Waals surface area contributed by atoms with Crippen molar-refractivity contribution in [1.82, 2.24) is 40.1 Å². The third-order valence-electron chi connectivity index (χ3n) is 16.1. The molecule has 4 aliphatic rings. The molecule has 6 aromatic rings. The van der Waals surface area contributed by atoms with E-state index >= 15 is 0 Å². The zero-order valence-electron chi connectivity index (χ0n) is 47.4. The normalized spacial score (nSPS) is 20.5. The first kappa shape index (κ1) is 57.7. The molecular weight excluding hydrogens is 1060 g/mol. The monoisotopic (exact) mass is 1140 g/mol. The number of fused-ring (bicyclic) bond motifs is 2. The van der Waals surface area contributed by atoms with Gasteiger partial charge in [-0.2, -0.15) is 15.2 Å². The molecule has 82 heavy (non-hydrogen) atoms. The van der Waals surface area contributed by atoms with Gasteiger partial charge in [0.1, 0.15) is 42.5 Å². The minimum atomic E-state index is -0.865. The fourth-order valence-electron chi connectivity index (χ4n) is 11.8. The molecule has 0 spiro atoms. The zero-order valence-corrected chi connectivity index (χ0v) is 48.2. The molecule has 0 aliphatic carbocycles. The average molecular weight is 1140 g/mol. The maximum atomic E-state index is 14.0. The van der Waals surface area contributed by atoms with Gasteiger partial charge in [0.05, 0.1) is 84.6 Å². The van der Waals surface area contributed by atoms with E-state index in [9.17, 15) is 24.8 Å². The van der Waals surface area contributed by atoms with Crippen LogP contribution in [0, 0.1) is 31.1 Å². The first-order chi connectivity index (χ1) is 39.8. The van der Waals surface area contributed by atoms with Crippen LogP contribution in [0.2, 0.25) is 0 Å². The van der Waals surface area contributed by atoms with E-state index in [0.717, 1.165) is 63.8 Å². The number of nitriles is 1. The Kier molecular flexibility index (Phi) is 18.4. The van der Waals surface area contributed by atoms with Gasteiger partial charge >= 0.3 is 6.01 Å². The first-order valence-electron chi connectivity index (χ1n) is 28.3. The van der Waals surface area contributed by atoms with Gasteiger partial charge in [-0.3, -0.25) is 19.3 Å². The van der Waals surface area contributed by atoms with Gasteiger partial charge in [-0.15, -0.1) is 11.3 Å². The number of hydrogen-bond acceptors (Lipinski definition) is 18. The summed E-state index contributed by atoms with van der Waals surface area (Å²) in [6, 6.07) is 23.8. The molecule has 3 aromatic carbocycles. The first-order valence-corrected chi connectivity index (χ1v) is 29.2. The van der Waals surface area contributed by atoms with E-state index < -0.39 is 18.1 Å². The molecule has 20 nitrogen and oxygen atoms in total. The number of likely N-dealkylation sites (tertiary alicyclic amines) is 2. The number of aryl methyl sites for hydroxylation is 2. The Labute approximate surface area is 482 Å². The number of aromatic nitrogens is 4. The number of thiazole rings is 1. The number of anilines is 2. The summed E-state index contributed by atoms with van der Waals surface area (Å²) in [6.45, 7) is 16.6. The topological polar surface area (TPSA) is 225 Å². The number of carbonyl (C=O) groups excluding carboxylic acids is 3. The molecule has 4 aliphatic heterocycles.